The van der Waals surface area contributed by atoms with Crippen molar-refractivity contribution in [2.75, 3.05) is 14.2 Å². The lowest BCUT2D eigenvalue weighted by atomic mass is 10.1. The van der Waals surface area contributed by atoms with Gasteiger partial charge in [0.1, 0.15) is 11.5 Å². The molecule has 2 aromatic heterocycles. The van der Waals surface area contributed by atoms with Gasteiger partial charge in [-0.2, -0.15) is 5.10 Å². The smallest absolute Gasteiger partial charge is 0.129 e. The summed E-state index contributed by atoms with van der Waals surface area (Å²) in [5.74, 6) is 1.52. The molecule has 2 N–H and O–H groups in total. The second kappa shape index (κ2) is 7.88. The average Bonchev–Trinajstić information content (AvgIpc) is 3.39. The van der Waals surface area contributed by atoms with Gasteiger partial charge in [-0.3, -0.25) is 5.10 Å². The fraction of sp³-hybridized carbons (Fsp3) is 0.0870. The molecule has 140 valence electrons. The summed E-state index contributed by atoms with van der Waals surface area (Å²) in [4.78, 5) is 3.23. The Balaban J connectivity index is 1.49. The largest absolute Gasteiger partial charge is 0.497 e. The molecule has 28 heavy (non-hydrogen) atoms. The van der Waals surface area contributed by atoms with Crippen LogP contribution in [0.3, 0.4) is 0 Å². The van der Waals surface area contributed by atoms with Crippen molar-refractivity contribution in [3.63, 3.8) is 0 Å². The van der Waals surface area contributed by atoms with Gasteiger partial charge in [-0.25, -0.2) is 0 Å². The van der Waals surface area contributed by atoms with E-state index in [0.717, 1.165) is 39.5 Å². The molecule has 2 aromatic carbocycles. The zero-order chi connectivity index (χ0) is 19.3. The molecule has 0 saturated carbocycles. The molecular formula is C23H21N3O2. The lowest BCUT2D eigenvalue weighted by molar-refractivity contribution is 0.394. The monoisotopic (exact) mass is 371 g/mol. The maximum absolute atomic E-state index is 5.42. The predicted molar refractivity (Wildman–Crippen MR) is 114 cm³/mol. The topological polar surface area (TPSA) is 62.9 Å². The quantitative estimate of drug-likeness (QED) is 0.487. The Labute approximate surface area is 163 Å². The molecule has 0 amide bonds. The third kappa shape index (κ3) is 3.83. The minimum atomic E-state index is 0.759. The van der Waals surface area contributed by atoms with Gasteiger partial charge in [0.25, 0.3) is 0 Å². The van der Waals surface area contributed by atoms with E-state index >= 15 is 0 Å². The molecule has 0 aliphatic heterocycles. The Morgan fingerprint density at radius 1 is 0.857 bits per heavy atom. The summed E-state index contributed by atoms with van der Waals surface area (Å²) < 4.78 is 10.7. The van der Waals surface area contributed by atoms with Crippen LogP contribution in [-0.4, -0.2) is 29.4 Å². The molecule has 4 rings (SSSR count). The van der Waals surface area contributed by atoms with Crippen LogP contribution in [0.15, 0.2) is 54.7 Å². The fourth-order valence-corrected chi connectivity index (χ4v) is 3.01. The number of benzene rings is 2. The highest BCUT2D eigenvalue weighted by Gasteiger charge is 2.02. The van der Waals surface area contributed by atoms with Gasteiger partial charge in [-0.1, -0.05) is 18.2 Å². The third-order valence-electron chi connectivity index (χ3n) is 4.53. The van der Waals surface area contributed by atoms with Crippen LogP contribution in [0.4, 0.5) is 0 Å². The van der Waals surface area contributed by atoms with Crippen molar-refractivity contribution < 1.29 is 9.47 Å². The zero-order valence-corrected chi connectivity index (χ0v) is 15.8. The normalized spacial score (nSPS) is 11.6. The van der Waals surface area contributed by atoms with Crippen LogP contribution in [0, 0.1) is 0 Å². The Hall–Kier alpha value is -3.73. The van der Waals surface area contributed by atoms with E-state index in [2.05, 4.69) is 45.5 Å². The lowest BCUT2D eigenvalue weighted by Crippen LogP contribution is -1.89. The highest BCUT2D eigenvalue weighted by molar-refractivity contribution is 5.83. The first-order valence-electron chi connectivity index (χ1n) is 8.96. The standard InChI is InChI=1S/C23H21N3O2/c1-27-21-10-7-18(23(15-21)28-2)6-9-20-14-19(25-26-20)8-4-16-3-5-17-11-12-24-22(17)13-16/h3-15,24H,1-2H3,(H,25,26)/b8-4+,9-6+. The average molecular weight is 371 g/mol. The van der Waals surface area contributed by atoms with Gasteiger partial charge in [-0.05, 0) is 59.5 Å². The van der Waals surface area contributed by atoms with E-state index in [9.17, 15) is 0 Å². The summed E-state index contributed by atoms with van der Waals surface area (Å²) in [7, 11) is 3.29. The van der Waals surface area contributed by atoms with Crippen molar-refractivity contribution in [1.82, 2.24) is 15.2 Å². The molecule has 2 heterocycles. The molecule has 4 aromatic rings. The van der Waals surface area contributed by atoms with Crippen LogP contribution in [0.25, 0.3) is 35.2 Å². The molecule has 0 saturated heterocycles. The van der Waals surface area contributed by atoms with Crippen molar-refractivity contribution in [3.8, 4) is 11.5 Å². The van der Waals surface area contributed by atoms with Crippen molar-refractivity contribution in [3.05, 3.63) is 77.2 Å². The van der Waals surface area contributed by atoms with Crippen LogP contribution in [0.2, 0.25) is 0 Å². The number of H-pyrrole nitrogens is 2. The second-order valence-corrected chi connectivity index (χ2v) is 6.35. The Kier molecular flexibility index (Phi) is 4.97. The summed E-state index contributed by atoms with van der Waals surface area (Å²) >= 11 is 0. The molecule has 5 heteroatoms. The van der Waals surface area contributed by atoms with Gasteiger partial charge in [-0.15, -0.1) is 0 Å². The number of ether oxygens (including phenoxy) is 2. The number of hydrogen-bond acceptors (Lipinski definition) is 3. The fourth-order valence-electron chi connectivity index (χ4n) is 3.01. The highest BCUT2D eigenvalue weighted by atomic mass is 16.5. The zero-order valence-electron chi connectivity index (χ0n) is 15.8. The van der Waals surface area contributed by atoms with E-state index in [4.69, 9.17) is 9.47 Å². The second-order valence-electron chi connectivity index (χ2n) is 6.35. The third-order valence-corrected chi connectivity index (χ3v) is 4.53. The minimum absolute atomic E-state index is 0.759. The van der Waals surface area contributed by atoms with Crippen molar-refractivity contribution in [2.45, 2.75) is 0 Å². The van der Waals surface area contributed by atoms with E-state index in [1.807, 2.05) is 48.7 Å². The summed E-state index contributed by atoms with van der Waals surface area (Å²) in [6.45, 7) is 0. The molecular weight excluding hydrogens is 350 g/mol. The molecule has 0 aliphatic rings. The summed E-state index contributed by atoms with van der Waals surface area (Å²) in [5, 5.41) is 8.59. The molecule has 0 radical (unpaired) electrons. The van der Waals surface area contributed by atoms with Crippen LogP contribution in [-0.2, 0) is 0 Å². The van der Waals surface area contributed by atoms with Crippen LogP contribution in [0.5, 0.6) is 11.5 Å². The number of methoxy groups -OCH3 is 2. The first kappa shape index (κ1) is 17.7. The van der Waals surface area contributed by atoms with Crippen molar-refractivity contribution in [1.29, 1.82) is 0 Å². The molecule has 0 bridgehead atoms. The van der Waals surface area contributed by atoms with Gasteiger partial charge < -0.3 is 14.5 Å². The van der Waals surface area contributed by atoms with Gasteiger partial charge in [0.15, 0.2) is 0 Å². The number of aromatic nitrogens is 3. The minimum Gasteiger partial charge on any atom is -0.497 e. The van der Waals surface area contributed by atoms with Crippen LogP contribution in [0.1, 0.15) is 22.5 Å². The SMILES string of the molecule is COc1ccc(/C=C/c2cc(/C=C/c3ccc4cc[nH]c4c3)n[nH]2)c(OC)c1. The van der Waals surface area contributed by atoms with Crippen LogP contribution >= 0.6 is 0 Å². The van der Waals surface area contributed by atoms with Gasteiger partial charge >= 0.3 is 0 Å². The number of aromatic amines is 2. The lowest BCUT2D eigenvalue weighted by Gasteiger charge is -2.06. The number of fused-ring (bicyclic) bond motifs is 1. The Bertz CT molecular complexity index is 1150. The van der Waals surface area contributed by atoms with Gasteiger partial charge in [0.2, 0.25) is 0 Å². The molecule has 0 aliphatic carbocycles. The Morgan fingerprint density at radius 2 is 1.79 bits per heavy atom. The number of nitrogens with one attached hydrogen (secondary N) is 2. The molecule has 0 fully saturated rings. The van der Waals surface area contributed by atoms with E-state index in [1.54, 1.807) is 14.2 Å². The van der Waals surface area contributed by atoms with E-state index in [1.165, 1.54) is 5.39 Å². The van der Waals surface area contributed by atoms with Crippen molar-refractivity contribution >= 4 is 35.2 Å². The summed E-state index contributed by atoms with van der Waals surface area (Å²) in [6, 6.07) is 16.1. The molecule has 0 atom stereocenters. The van der Waals surface area contributed by atoms with Crippen molar-refractivity contribution in [2.24, 2.45) is 0 Å². The number of hydrogen-bond donors (Lipinski definition) is 2. The maximum Gasteiger partial charge on any atom is 0.129 e. The first-order chi connectivity index (χ1) is 13.7. The number of rotatable bonds is 6. The van der Waals surface area contributed by atoms with Gasteiger partial charge in [0.05, 0.1) is 25.6 Å². The number of nitrogens with zero attached hydrogens (tertiary/aromatic N) is 1. The molecule has 0 spiro atoms. The maximum atomic E-state index is 5.42. The molecule has 5 nitrogen and oxygen atoms in total. The Morgan fingerprint density at radius 3 is 2.64 bits per heavy atom. The summed E-state index contributed by atoms with van der Waals surface area (Å²) in [5.41, 5.74) is 5.00. The van der Waals surface area contributed by atoms with E-state index in [0.29, 0.717) is 0 Å². The van der Waals surface area contributed by atoms with Crippen LogP contribution < -0.4 is 9.47 Å². The predicted octanol–water partition coefficient (Wildman–Crippen LogP) is 5.25. The van der Waals surface area contributed by atoms with E-state index in [-0.39, 0.29) is 0 Å². The first-order valence-corrected chi connectivity index (χ1v) is 8.96. The van der Waals surface area contributed by atoms with E-state index < -0.39 is 0 Å². The molecule has 0 unspecified atom stereocenters. The summed E-state index contributed by atoms with van der Waals surface area (Å²) in [6.07, 6.45) is 9.95. The van der Waals surface area contributed by atoms with Gasteiger partial charge in [0, 0.05) is 23.3 Å². The highest BCUT2D eigenvalue weighted by Crippen LogP contribution is 2.26.